The molecule has 4 rings (SSSR count). The minimum absolute atomic E-state index is 0.0608. The summed E-state index contributed by atoms with van der Waals surface area (Å²) in [5.41, 5.74) is 2.37. The Morgan fingerprint density at radius 3 is 2.50 bits per heavy atom. The number of nitrogens with zero attached hydrogens (tertiary/aromatic N) is 1. The van der Waals surface area contributed by atoms with E-state index in [-0.39, 0.29) is 17.3 Å². The Morgan fingerprint density at radius 1 is 1.16 bits per heavy atom. The average molecular weight is 456 g/mol. The van der Waals surface area contributed by atoms with Gasteiger partial charge in [-0.15, -0.1) is 0 Å². The normalized spacial score (nSPS) is 15.8. The minimum atomic E-state index is -0.900. The molecule has 1 saturated carbocycles. The summed E-state index contributed by atoms with van der Waals surface area (Å²) in [7, 11) is 0. The number of aryl methyl sites for hydroxylation is 1. The summed E-state index contributed by atoms with van der Waals surface area (Å²) in [6, 6.07) is 5.26. The molecule has 1 aliphatic heterocycles. The van der Waals surface area contributed by atoms with E-state index >= 15 is 0 Å². The van der Waals surface area contributed by atoms with Gasteiger partial charge in [0.1, 0.15) is 5.69 Å². The predicted molar refractivity (Wildman–Crippen MR) is 121 cm³/mol. The van der Waals surface area contributed by atoms with Gasteiger partial charge in [0.05, 0.1) is 11.1 Å². The number of Topliss-reactive ketones (excluding diaryl/α,β-unsaturated/α-hetero) is 2. The van der Waals surface area contributed by atoms with Crippen LogP contribution in [0.3, 0.4) is 0 Å². The Hall–Kier alpha value is -2.93. The van der Waals surface area contributed by atoms with Crippen molar-refractivity contribution >= 4 is 40.7 Å². The van der Waals surface area contributed by atoms with Gasteiger partial charge in [0.2, 0.25) is 0 Å². The molecule has 1 fully saturated rings. The molecular weight excluding hydrogens is 430 g/mol. The number of carbonyl (C=O) groups excluding carboxylic acids is 4. The van der Waals surface area contributed by atoms with Gasteiger partial charge in [-0.1, -0.05) is 24.6 Å². The highest BCUT2D eigenvalue weighted by molar-refractivity contribution is 6.44. The first kappa shape index (κ1) is 22.3. The van der Waals surface area contributed by atoms with Gasteiger partial charge in [0, 0.05) is 29.4 Å². The Kier molecular flexibility index (Phi) is 5.71. The van der Waals surface area contributed by atoms with Crippen molar-refractivity contribution in [2.24, 2.45) is 0 Å². The fourth-order valence-corrected chi connectivity index (χ4v) is 4.68. The highest BCUT2D eigenvalue weighted by Crippen LogP contribution is 2.37. The standard InChI is InChI=1S/C24H26ClN3O4/c1-4-18(29)24(9-10-24)27-23(32)21(30)19-14(3)20(28-11-5-6-17(19)28)22(31)26-15-8-7-13(2)16(25)12-15/h7-8,12H,4-6,9-11H2,1-3H3,(H,26,31)(H,27,32). The van der Waals surface area contributed by atoms with Gasteiger partial charge in [0.25, 0.3) is 17.6 Å². The topological polar surface area (TPSA) is 97.3 Å². The van der Waals surface area contributed by atoms with Crippen molar-refractivity contribution in [3.63, 3.8) is 0 Å². The number of aromatic nitrogens is 1. The van der Waals surface area contributed by atoms with E-state index in [2.05, 4.69) is 10.6 Å². The number of rotatable bonds is 7. The Labute approximate surface area is 191 Å². The van der Waals surface area contributed by atoms with Gasteiger partial charge in [0.15, 0.2) is 5.78 Å². The van der Waals surface area contributed by atoms with Crippen LogP contribution >= 0.6 is 11.6 Å². The molecule has 2 N–H and O–H groups in total. The Balaban J connectivity index is 1.62. The Morgan fingerprint density at radius 2 is 1.88 bits per heavy atom. The van der Waals surface area contributed by atoms with Crippen LogP contribution in [0.25, 0.3) is 0 Å². The second-order valence-corrected chi connectivity index (χ2v) is 9.02. The number of amides is 2. The van der Waals surface area contributed by atoms with Gasteiger partial charge in [-0.3, -0.25) is 19.2 Å². The zero-order valence-electron chi connectivity index (χ0n) is 18.4. The monoisotopic (exact) mass is 455 g/mol. The third-order valence-electron chi connectivity index (χ3n) is 6.45. The van der Waals surface area contributed by atoms with Gasteiger partial charge in [-0.25, -0.2) is 0 Å². The van der Waals surface area contributed by atoms with E-state index in [4.69, 9.17) is 11.6 Å². The van der Waals surface area contributed by atoms with E-state index in [1.54, 1.807) is 26.0 Å². The second-order valence-electron chi connectivity index (χ2n) is 8.61. The average Bonchev–Trinajstić information content (AvgIpc) is 3.29. The third-order valence-corrected chi connectivity index (χ3v) is 6.85. The molecule has 32 heavy (non-hydrogen) atoms. The summed E-state index contributed by atoms with van der Waals surface area (Å²) in [5, 5.41) is 6.05. The van der Waals surface area contributed by atoms with Crippen LogP contribution in [0, 0.1) is 13.8 Å². The van der Waals surface area contributed by atoms with E-state index in [1.807, 2.05) is 17.6 Å². The molecule has 8 heteroatoms. The number of halogens is 1. The van der Waals surface area contributed by atoms with Gasteiger partial charge < -0.3 is 15.2 Å². The fourth-order valence-electron chi connectivity index (χ4n) is 4.50. The molecular formula is C24H26ClN3O4. The first-order chi connectivity index (χ1) is 15.2. The van der Waals surface area contributed by atoms with E-state index in [0.29, 0.717) is 59.9 Å². The van der Waals surface area contributed by atoms with Gasteiger partial charge in [-0.2, -0.15) is 0 Å². The molecule has 0 bridgehead atoms. The molecule has 0 spiro atoms. The number of benzene rings is 1. The molecule has 1 aliphatic carbocycles. The molecule has 2 aliphatic rings. The zero-order valence-corrected chi connectivity index (χ0v) is 19.2. The van der Waals surface area contributed by atoms with E-state index in [0.717, 1.165) is 12.0 Å². The van der Waals surface area contributed by atoms with E-state index in [9.17, 15) is 19.2 Å². The molecule has 0 atom stereocenters. The van der Waals surface area contributed by atoms with Crippen LogP contribution in [-0.2, 0) is 22.6 Å². The summed E-state index contributed by atoms with van der Waals surface area (Å²) in [6.45, 7) is 5.90. The van der Waals surface area contributed by atoms with Crippen LogP contribution in [0.5, 0.6) is 0 Å². The molecule has 1 aromatic carbocycles. The smallest absolute Gasteiger partial charge is 0.293 e. The van der Waals surface area contributed by atoms with E-state index < -0.39 is 17.2 Å². The quantitative estimate of drug-likeness (QED) is 0.490. The van der Waals surface area contributed by atoms with Crippen LogP contribution in [0.15, 0.2) is 18.2 Å². The molecule has 7 nitrogen and oxygen atoms in total. The first-order valence-corrected chi connectivity index (χ1v) is 11.3. The van der Waals surface area contributed by atoms with Crippen LogP contribution in [0.1, 0.15) is 70.3 Å². The molecule has 2 aromatic rings. The van der Waals surface area contributed by atoms with Crippen LogP contribution < -0.4 is 10.6 Å². The maximum atomic E-state index is 13.1. The number of fused-ring (bicyclic) bond motifs is 1. The summed E-state index contributed by atoms with van der Waals surface area (Å²) in [4.78, 5) is 51.2. The maximum Gasteiger partial charge on any atom is 0.293 e. The molecule has 1 aromatic heterocycles. The van der Waals surface area contributed by atoms with Crippen LogP contribution in [-0.4, -0.2) is 33.5 Å². The van der Waals surface area contributed by atoms with Crippen molar-refractivity contribution in [2.75, 3.05) is 5.32 Å². The first-order valence-electron chi connectivity index (χ1n) is 10.9. The van der Waals surface area contributed by atoms with Gasteiger partial charge >= 0.3 is 0 Å². The largest absolute Gasteiger partial charge is 0.340 e. The fraction of sp³-hybridized carbons (Fsp3) is 0.417. The van der Waals surface area contributed by atoms with Crippen molar-refractivity contribution in [1.82, 2.24) is 9.88 Å². The zero-order chi connectivity index (χ0) is 23.2. The van der Waals surface area contributed by atoms with Crippen molar-refractivity contribution in [3.05, 3.63) is 51.3 Å². The lowest BCUT2D eigenvalue weighted by Crippen LogP contribution is -2.46. The summed E-state index contributed by atoms with van der Waals surface area (Å²) in [6.07, 6.45) is 2.81. The van der Waals surface area contributed by atoms with Crippen molar-refractivity contribution in [3.8, 4) is 0 Å². The second kappa shape index (κ2) is 8.20. The molecule has 2 amide bonds. The number of anilines is 1. The minimum Gasteiger partial charge on any atom is -0.340 e. The highest BCUT2D eigenvalue weighted by Gasteiger charge is 2.50. The maximum absolute atomic E-state index is 13.1. The lowest BCUT2D eigenvalue weighted by molar-refractivity contribution is -0.126. The molecule has 2 heterocycles. The van der Waals surface area contributed by atoms with Crippen molar-refractivity contribution in [2.45, 2.75) is 65.0 Å². The van der Waals surface area contributed by atoms with Crippen molar-refractivity contribution < 1.29 is 19.2 Å². The number of carbonyl (C=O) groups is 4. The van der Waals surface area contributed by atoms with Gasteiger partial charge in [-0.05, 0) is 62.8 Å². The van der Waals surface area contributed by atoms with Crippen molar-refractivity contribution in [1.29, 1.82) is 0 Å². The summed E-state index contributed by atoms with van der Waals surface area (Å²) < 4.78 is 1.82. The number of ketones is 2. The lowest BCUT2D eigenvalue weighted by atomic mass is 10.0. The molecule has 168 valence electrons. The highest BCUT2D eigenvalue weighted by atomic mass is 35.5. The number of hydrogen-bond acceptors (Lipinski definition) is 4. The summed E-state index contributed by atoms with van der Waals surface area (Å²) in [5.74, 6) is -1.90. The van der Waals surface area contributed by atoms with Crippen LogP contribution in [0.2, 0.25) is 5.02 Å². The third kappa shape index (κ3) is 3.75. The predicted octanol–water partition coefficient (Wildman–Crippen LogP) is 3.77. The molecule has 0 unspecified atom stereocenters. The number of hydrogen-bond donors (Lipinski definition) is 2. The summed E-state index contributed by atoms with van der Waals surface area (Å²) >= 11 is 6.17. The Bertz CT molecular complexity index is 1160. The van der Waals surface area contributed by atoms with E-state index in [1.165, 1.54) is 0 Å². The van der Waals surface area contributed by atoms with Crippen LogP contribution in [0.4, 0.5) is 5.69 Å². The molecule has 0 saturated heterocycles. The lowest BCUT2D eigenvalue weighted by Gasteiger charge is -2.15. The SMILES string of the molecule is CCC(=O)C1(NC(=O)C(=O)c2c(C)c(C(=O)Nc3ccc(C)c(Cl)c3)n3c2CCC3)CC1. The number of nitrogens with one attached hydrogen (secondary N) is 2. The molecule has 0 radical (unpaired) electrons.